The number of nitrogens with two attached hydrogens (primary N) is 1. The number of carbonyl (C=O) groups is 2. The standard InChI is InChI=1S/C16H22N2O4/c1-12-10-16(17,14(19)21-2)8-9-18(12)15(20)22-11-13-6-4-3-5-7-13/h3-7,12H,8-11,17H2,1-2H3. The molecule has 1 saturated heterocycles. The molecule has 6 heteroatoms. The number of amides is 1. The van der Waals surface area contributed by atoms with Crippen molar-refractivity contribution in [3.05, 3.63) is 35.9 Å². The molecule has 0 aliphatic carbocycles. The van der Waals surface area contributed by atoms with Crippen LogP contribution in [0, 0.1) is 0 Å². The van der Waals surface area contributed by atoms with Gasteiger partial charge in [-0.1, -0.05) is 30.3 Å². The molecule has 120 valence electrons. The van der Waals surface area contributed by atoms with Gasteiger partial charge in [-0.2, -0.15) is 0 Å². The van der Waals surface area contributed by atoms with Gasteiger partial charge in [0.05, 0.1) is 7.11 Å². The van der Waals surface area contributed by atoms with Gasteiger partial charge in [0, 0.05) is 12.6 Å². The molecule has 1 aliphatic heterocycles. The van der Waals surface area contributed by atoms with Gasteiger partial charge in [-0.3, -0.25) is 4.79 Å². The van der Waals surface area contributed by atoms with E-state index in [1.165, 1.54) is 7.11 Å². The van der Waals surface area contributed by atoms with Crippen LogP contribution < -0.4 is 5.73 Å². The first-order valence-electron chi connectivity index (χ1n) is 7.31. The summed E-state index contributed by atoms with van der Waals surface area (Å²) in [6, 6.07) is 9.31. The van der Waals surface area contributed by atoms with E-state index in [1.54, 1.807) is 4.90 Å². The van der Waals surface area contributed by atoms with Crippen LogP contribution >= 0.6 is 0 Å². The molecule has 0 saturated carbocycles. The minimum atomic E-state index is -1.02. The number of likely N-dealkylation sites (tertiary alicyclic amines) is 1. The van der Waals surface area contributed by atoms with Crippen LogP contribution in [0.2, 0.25) is 0 Å². The smallest absolute Gasteiger partial charge is 0.410 e. The highest BCUT2D eigenvalue weighted by molar-refractivity contribution is 5.81. The van der Waals surface area contributed by atoms with E-state index in [2.05, 4.69) is 0 Å². The van der Waals surface area contributed by atoms with Crippen LogP contribution in [0.4, 0.5) is 4.79 Å². The molecule has 1 aromatic rings. The molecule has 1 amide bonds. The zero-order valence-electron chi connectivity index (χ0n) is 13.0. The van der Waals surface area contributed by atoms with E-state index in [0.717, 1.165) is 5.56 Å². The Balaban J connectivity index is 1.91. The Morgan fingerprint density at radius 2 is 2.05 bits per heavy atom. The number of esters is 1. The van der Waals surface area contributed by atoms with Gasteiger partial charge in [0.2, 0.25) is 0 Å². The highest BCUT2D eigenvalue weighted by Gasteiger charge is 2.43. The Morgan fingerprint density at radius 3 is 2.64 bits per heavy atom. The Hall–Kier alpha value is -2.08. The van der Waals surface area contributed by atoms with Gasteiger partial charge in [-0.05, 0) is 25.3 Å². The summed E-state index contributed by atoms with van der Waals surface area (Å²) in [5, 5.41) is 0. The lowest BCUT2D eigenvalue weighted by Crippen LogP contribution is -2.60. The van der Waals surface area contributed by atoms with Crippen molar-refractivity contribution in [3.63, 3.8) is 0 Å². The summed E-state index contributed by atoms with van der Waals surface area (Å²) in [7, 11) is 1.32. The Labute approximate surface area is 130 Å². The summed E-state index contributed by atoms with van der Waals surface area (Å²) in [4.78, 5) is 25.5. The maximum Gasteiger partial charge on any atom is 0.410 e. The fraction of sp³-hybridized carbons (Fsp3) is 0.500. The van der Waals surface area contributed by atoms with E-state index >= 15 is 0 Å². The normalized spacial score (nSPS) is 24.7. The summed E-state index contributed by atoms with van der Waals surface area (Å²) in [5.74, 6) is -0.434. The number of benzene rings is 1. The van der Waals surface area contributed by atoms with Gasteiger partial charge >= 0.3 is 12.1 Å². The van der Waals surface area contributed by atoms with Crippen molar-refractivity contribution < 1.29 is 19.1 Å². The van der Waals surface area contributed by atoms with E-state index in [0.29, 0.717) is 19.4 Å². The van der Waals surface area contributed by atoms with E-state index in [4.69, 9.17) is 15.2 Å². The largest absolute Gasteiger partial charge is 0.468 e. The van der Waals surface area contributed by atoms with Gasteiger partial charge < -0.3 is 20.1 Å². The molecule has 6 nitrogen and oxygen atoms in total. The summed E-state index contributed by atoms with van der Waals surface area (Å²) in [5.41, 5.74) is 5.99. The molecule has 0 bridgehead atoms. The van der Waals surface area contributed by atoms with Crippen molar-refractivity contribution >= 4 is 12.1 Å². The lowest BCUT2D eigenvalue weighted by molar-refractivity contribution is -0.149. The second-order valence-electron chi connectivity index (χ2n) is 5.68. The first-order valence-corrected chi connectivity index (χ1v) is 7.31. The molecule has 0 radical (unpaired) electrons. The second-order valence-corrected chi connectivity index (χ2v) is 5.68. The van der Waals surface area contributed by atoms with Crippen LogP contribution in [0.15, 0.2) is 30.3 Å². The molecular formula is C16H22N2O4. The number of carbonyl (C=O) groups excluding carboxylic acids is 2. The predicted molar refractivity (Wildman–Crippen MR) is 81.0 cm³/mol. The number of hydrogen-bond donors (Lipinski definition) is 1. The van der Waals surface area contributed by atoms with Crippen molar-refractivity contribution in [3.8, 4) is 0 Å². The van der Waals surface area contributed by atoms with Crippen LogP contribution in [0.25, 0.3) is 0 Å². The molecule has 1 heterocycles. The zero-order chi connectivity index (χ0) is 16.2. The topological polar surface area (TPSA) is 81.9 Å². The fourth-order valence-corrected chi connectivity index (χ4v) is 2.74. The number of rotatable bonds is 3. The third-order valence-electron chi connectivity index (χ3n) is 4.02. The molecule has 0 spiro atoms. The minimum absolute atomic E-state index is 0.180. The lowest BCUT2D eigenvalue weighted by Gasteiger charge is -2.41. The molecule has 1 aliphatic rings. The highest BCUT2D eigenvalue weighted by atomic mass is 16.6. The van der Waals surface area contributed by atoms with Crippen LogP contribution in [-0.2, 0) is 20.9 Å². The van der Waals surface area contributed by atoms with Crippen molar-refractivity contribution in [2.24, 2.45) is 5.73 Å². The van der Waals surface area contributed by atoms with Crippen LogP contribution in [-0.4, -0.2) is 42.2 Å². The van der Waals surface area contributed by atoms with Gasteiger partial charge in [0.1, 0.15) is 12.1 Å². The van der Waals surface area contributed by atoms with Crippen LogP contribution in [0.1, 0.15) is 25.3 Å². The number of nitrogens with zero attached hydrogens (tertiary/aromatic N) is 1. The number of ether oxygens (including phenoxy) is 2. The molecule has 2 rings (SSSR count). The van der Waals surface area contributed by atoms with E-state index < -0.39 is 11.5 Å². The molecule has 2 atom stereocenters. The molecule has 0 aromatic heterocycles. The molecular weight excluding hydrogens is 284 g/mol. The Bertz CT molecular complexity index is 534. The van der Waals surface area contributed by atoms with Crippen LogP contribution in [0.5, 0.6) is 0 Å². The predicted octanol–water partition coefficient (Wildman–Crippen LogP) is 1.68. The van der Waals surface area contributed by atoms with Gasteiger partial charge in [0.25, 0.3) is 0 Å². The highest BCUT2D eigenvalue weighted by Crippen LogP contribution is 2.26. The average Bonchev–Trinajstić information content (AvgIpc) is 2.52. The molecule has 2 unspecified atom stereocenters. The summed E-state index contributed by atoms with van der Waals surface area (Å²) in [6.07, 6.45) is 0.341. The quantitative estimate of drug-likeness (QED) is 0.859. The molecule has 22 heavy (non-hydrogen) atoms. The third kappa shape index (κ3) is 3.57. The number of hydrogen-bond acceptors (Lipinski definition) is 5. The fourth-order valence-electron chi connectivity index (χ4n) is 2.74. The molecule has 2 N–H and O–H groups in total. The number of methoxy groups -OCH3 is 1. The van der Waals surface area contributed by atoms with Gasteiger partial charge in [0.15, 0.2) is 0 Å². The number of piperidine rings is 1. The third-order valence-corrected chi connectivity index (χ3v) is 4.02. The zero-order valence-corrected chi connectivity index (χ0v) is 13.0. The van der Waals surface area contributed by atoms with Crippen molar-refractivity contribution in [2.75, 3.05) is 13.7 Å². The van der Waals surface area contributed by atoms with E-state index in [-0.39, 0.29) is 18.7 Å². The van der Waals surface area contributed by atoms with Crippen molar-refractivity contribution in [2.45, 2.75) is 38.0 Å². The summed E-state index contributed by atoms with van der Waals surface area (Å²) >= 11 is 0. The van der Waals surface area contributed by atoms with E-state index in [9.17, 15) is 9.59 Å². The molecule has 1 aromatic carbocycles. The summed E-state index contributed by atoms with van der Waals surface area (Å²) in [6.45, 7) is 2.46. The molecule has 1 fully saturated rings. The maximum atomic E-state index is 12.2. The monoisotopic (exact) mass is 306 g/mol. The minimum Gasteiger partial charge on any atom is -0.468 e. The average molecular weight is 306 g/mol. The Kier molecular flexibility index (Phi) is 5.03. The lowest BCUT2D eigenvalue weighted by atomic mass is 9.85. The van der Waals surface area contributed by atoms with Gasteiger partial charge in [-0.15, -0.1) is 0 Å². The van der Waals surface area contributed by atoms with E-state index in [1.807, 2.05) is 37.3 Å². The second kappa shape index (κ2) is 6.79. The first kappa shape index (κ1) is 16.3. The maximum absolute atomic E-state index is 12.2. The Morgan fingerprint density at radius 1 is 1.36 bits per heavy atom. The van der Waals surface area contributed by atoms with Crippen LogP contribution in [0.3, 0.4) is 0 Å². The van der Waals surface area contributed by atoms with Crippen molar-refractivity contribution in [1.29, 1.82) is 0 Å². The van der Waals surface area contributed by atoms with Gasteiger partial charge in [-0.25, -0.2) is 4.79 Å². The summed E-state index contributed by atoms with van der Waals surface area (Å²) < 4.78 is 10.1. The van der Waals surface area contributed by atoms with Crippen molar-refractivity contribution in [1.82, 2.24) is 4.90 Å². The SMILES string of the molecule is COC(=O)C1(N)CCN(C(=O)OCc2ccccc2)C(C)C1. The first-order chi connectivity index (χ1) is 10.5.